The largest absolute Gasteiger partial charge is 0.381 e. The summed E-state index contributed by atoms with van der Waals surface area (Å²) in [5.74, 6) is 0.411. The van der Waals surface area contributed by atoms with Crippen molar-refractivity contribution >= 4 is 17.2 Å². The number of hydrogen-bond acceptors (Lipinski definition) is 3. The van der Waals surface area contributed by atoms with E-state index >= 15 is 0 Å². The molecule has 0 saturated carbocycles. The van der Waals surface area contributed by atoms with Gasteiger partial charge in [-0.1, -0.05) is 122 Å². The lowest BCUT2D eigenvalue weighted by atomic mass is 9.88. The average molecular weight is 576 g/mol. The van der Waals surface area contributed by atoms with Crippen molar-refractivity contribution < 1.29 is 9.53 Å². The Morgan fingerprint density at radius 1 is 0.810 bits per heavy atom. The number of fused-ring (bicyclic) bond motifs is 2. The summed E-state index contributed by atoms with van der Waals surface area (Å²) in [5, 5.41) is 0. The van der Waals surface area contributed by atoms with Crippen molar-refractivity contribution in [2.24, 2.45) is 4.99 Å². The van der Waals surface area contributed by atoms with Crippen LogP contribution in [0.25, 0.3) is 0 Å². The predicted molar refractivity (Wildman–Crippen MR) is 189 cm³/mol. The second-order valence-corrected chi connectivity index (χ2v) is 9.82. The summed E-state index contributed by atoms with van der Waals surface area (Å²) < 4.78 is 5.15. The summed E-state index contributed by atoms with van der Waals surface area (Å²) in [6, 6.07) is 17.3. The van der Waals surface area contributed by atoms with E-state index in [1.165, 1.54) is 67.5 Å². The van der Waals surface area contributed by atoms with Crippen LogP contribution in [0.4, 0.5) is 5.69 Å². The second kappa shape index (κ2) is 29.5. The van der Waals surface area contributed by atoms with Gasteiger partial charge in [-0.3, -0.25) is 9.79 Å². The molecule has 0 spiro atoms. The van der Waals surface area contributed by atoms with E-state index in [-0.39, 0.29) is 5.78 Å². The van der Waals surface area contributed by atoms with E-state index in [1.807, 2.05) is 26.0 Å². The van der Waals surface area contributed by atoms with Gasteiger partial charge in [0, 0.05) is 24.8 Å². The molecule has 2 aromatic carbocycles. The lowest BCUT2D eigenvalue weighted by Gasteiger charge is -2.15. The quantitative estimate of drug-likeness (QED) is 0.135. The standard InChI is InChI=1S/C22H25N.C7H14O.C4H6O.C4H10.C2H6/c1-3-4-5-6-7-15-22-20-14-9-8-12-18(20)17(2)19-13-10-11-16-21(19)23-22;1-3-5-7-8-6-4-2;1-3-4(2)5;1-3-4-2;1-2/h3,8-14,16-17H,1,4-7,15H2,2H3;3H,1,4-7H2,2H3;3H,1H2,2H3;3-4H2,1-2H3;1-2H3. The van der Waals surface area contributed by atoms with E-state index in [0.29, 0.717) is 5.92 Å². The summed E-state index contributed by atoms with van der Waals surface area (Å²) in [7, 11) is 0. The van der Waals surface area contributed by atoms with Gasteiger partial charge in [-0.2, -0.15) is 0 Å². The highest BCUT2D eigenvalue weighted by Crippen LogP contribution is 2.37. The van der Waals surface area contributed by atoms with Crippen LogP contribution in [0.2, 0.25) is 0 Å². The fourth-order valence-corrected chi connectivity index (χ4v) is 3.83. The van der Waals surface area contributed by atoms with E-state index < -0.39 is 0 Å². The number of aliphatic imine (C=N–C) groups is 1. The third-order valence-corrected chi connectivity index (χ3v) is 6.32. The van der Waals surface area contributed by atoms with E-state index in [9.17, 15) is 4.79 Å². The molecule has 0 radical (unpaired) electrons. The zero-order valence-corrected chi connectivity index (χ0v) is 28.1. The Morgan fingerprint density at radius 3 is 1.93 bits per heavy atom. The fourth-order valence-electron chi connectivity index (χ4n) is 3.83. The number of carbonyl (C=O) groups excluding carboxylic acids is 1. The Labute approximate surface area is 259 Å². The molecule has 0 bridgehead atoms. The minimum absolute atomic E-state index is 0.0185. The molecule has 3 heteroatoms. The van der Waals surface area contributed by atoms with Gasteiger partial charge in [0.25, 0.3) is 0 Å². The monoisotopic (exact) mass is 575 g/mol. The van der Waals surface area contributed by atoms with Crippen LogP contribution < -0.4 is 0 Å². The topological polar surface area (TPSA) is 38.7 Å². The van der Waals surface area contributed by atoms with E-state index in [1.54, 1.807) is 0 Å². The number of nitrogens with zero attached hydrogens (tertiary/aromatic N) is 1. The van der Waals surface area contributed by atoms with E-state index in [0.717, 1.165) is 44.6 Å². The molecular weight excluding hydrogens is 514 g/mol. The normalized spacial score (nSPS) is 12.2. The minimum Gasteiger partial charge on any atom is -0.381 e. The van der Waals surface area contributed by atoms with Crippen LogP contribution in [0.5, 0.6) is 0 Å². The maximum absolute atomic E-state index is 9.69. The number of hydrogen-bond donors (Lipinski definition) is 0. The molecule has 0 aliphatic carbocycles. The maximum atomic E-state index is 9.69. The molecule has 1 unspecified atom stereocenters. The van der Waals surface area contributed by atoms with Crippen molar-refractivity contribution in [3.05, 3.63) is 103 Å². The first-order chi connectivity index (χ1) is 20.4. The molecule has 0 saturated heterocycles. The molecule has 0 fully saturated rings. The van der Waals surface area contributed by atoms with Crippen molar-refractivity contribution in [3.8, 4) is 0 Å². The van der Waals surface area contributed by atoms with Crippen LogP contribution in [-0.4, -0.2) is 24.7 Å². The SMILES string of the molecule is C=CC(C)=O.C=CCCCCCC1=Nc2ccccc2C(C)c2ccccc21.C=CCCOCCC.CC.CCCC. The highest BCUT2D eigenvalue weighted by Gasteiger charge is 2.21. The van der Waals surface area contributed by atoms with Gasteiger partial charge in [-0.15, -0.1) is 13.2 Å². The number of ketones is 1. The molecule has 0 amide bonds. The lowest BCUT2D eigenvalue weighted by Crippen LogP contribution is -2.05. The number of rotatable bonds is 13. The summed E-state index contributed by atoms with van der Waals surface area (Å²) in [5.41, 5.74) is 6.46. The van der Waals surface area contributed by atoms with Crippen molar-refractivity contribution in [1.29, 1.82) is 0 Å². The second-order valence-electron chi connectivity index (χ2n) is 9.82. The molecule has 0 aromatic heterocycles. The van der Waals surface area contributed by atoms with Crippen molar-refractivity contribution in [2.75, 3.05) is 13.2 Å². The molecule has 42 heavy (non-hydrogen) atoms. The Hall–Kier alpha value is -3.04. The van der Waals surface area contributed by atoms with Crippen molar-refractivity contribution in [1.82, 2.24) is 0 Å². The Bertz CT molecular complexity index is 1000. The van der Waals surface area contributed by atoms with Crippen LogP contribution in [0.15, 0.2) is 91.5 Å². The Kier molecular flexibility index (Phi) is 28.8. The minimum atomic E-state index is 0.0185. The Balaban J connectivity index is 0. The molecular formula is C39H61NO2. The molecule has 1 atom stereocenters. The summed E-state index contributed by atoms with van der Waals surface area (Å²) in [6.07, 6.45) is 15.7. The van der Waals surface area contributed by atoms with Crippen LogP contribution in [0.1, 0.15) is 129 Å². The fraction of sp³-hybridized carbons (Fsp3) is 0.487. The molecule has 1 heterocycles. The lowest BCUT2D eigenvalue weighted by molar-refractivity contribution is -0.112. The number of unbranched alkanes of at least 4 members (excludes halogenated alkanes) is 4. The zero-order valence-electron chi connectivity index (χ0n) is 28.1. The number of carbonyl (C=O) groups is 1. The number of benzene rings is 2. The van der Waals surface area contributed by atoms with Crippen LogP contribution >= 0.6 is 0 Å². The van der Waals surface area contributed by atoms with Crippen LogP contribution in [0, 0.1) is 0 Å². The third-order valence-electron chi connectivity index (χ3n) is 6.32. The van der Waals surface area contributed by atoms with Gasteiger partial charge in [0.15, 0.2) is 5.78 Å². The zero-order chi connectivity index (χ0) is 32.0. The molecule has 234 valence electrons. The van der Waals surface area contributed by atoms with Gasteiger partial charge in [0.05, 0.1) is 5.69 Å². The summed E-state index contributed by atoms with van der Waals surface area (Å²) in [4.78, 5) is 14.7. The van der Waals surface area contributed by atoms with Crippen LogP contribution in [-0.2, 0) is 9.53 Å². The van der Waals surface area contributed by atoms with Gasteiger partial charge in [0.1, 0.15) is 0 Å². The predicted octanol–water partition coefficient (Wildman–Crippen LogP) is 12.0. The van der Waals surface area contributed by atoms with Gasteiger partial charge in [0.2, 0.25) is 0 Å². The molecule has 1 aliphatic heterocycles. The first kappa shape index (κ1) is 41.1. The first-order valence-corrected chi connectivity index (χ1v) is 16.1. The first-order valence-electron chi connectivity index (χ1n) is 16.1. The molecule has 2 aromatic rings. The van der Waals surface area contributed by atoms with Gasteiger partial charge in [-0.05, 0) is 74.3 Å². The third kappa shape index (κ3) is 19.1. The summed E-state index contributed by atoms with van der Waals surface area (Å²) in [6.45, 7) is 26.5. The number of para-hydroxylation sites is 1. The van der Waals surface area contributed by atoms with Gasteiger partial charge < -0.3 is 4.74 Å². The molecule has 3 rings (SSSR count). The number of allylic oxidation sites excluding steroid dienone is 2. The van der Waals surface area contributed by atoms with E-state index in [2.05, 4.69) is 96.0 Å². The van der Waals surface area contributed by atoms with Crippen molar-refractivity contribution in [3.63, 3.8) is 0 Å². The average Bonchev–Trinajstić information content (AvgIpc) is 3.15. The Morgan fingerprint density at radius 2 is 1.38 bits per heavy atom. The van der Waals surface area contributed by atoms with Gasteiger partial charge in [-0.25, -0.2) is 0 Å². The highest BCUT2D eigenvalue weighted by molar-refractivity contribution is 6.04. The number of ether oxygens (including phenoxy) is 1. The molecule has 0 N–H and O–H groups in total. The van der Waals surface area contributed by atoms with Crippen molar-refractivity contribution in [2.45, 2.75) is 112 Å². The van der Waals surface area contributed by atoms with Crippen LogP contribution in [0.3, 0.4) is 0 Å². The van der Waals surface area contributed by atoms with Gasteiger partial charge >= 0.3 is 0 Å². The molecule has 3 nitrogen and oxygen atoms in total. The highest BCUT2D eigenvalue weighted by atomic mass is 16.5. The summed E-state index contributed by atoms with van der Waals surface area (Å²) >= 11 is 0. The van der Waals surface area contributed by atoms with E-state index in [4.69, 9.17) is 9.73 Å². The smallest absolute Gasteiger partial charge is 0.152 e. The molecule has 1 aliphatic rings. The maximum Gasteiger partial charge on any atom is 0.152 e.